The minimum absolute atomic E-state index is 0.0466. The van der Waals surface area contributed by atoms with Gasteiger partial charge in [-0.3, -0.25) is 9.47 Å². The van der Waals surface area contributed by atoms with Crippen molar-refractivity contribution >= 4 is 15.9 Å². The topological polar surface area (TPSA) is 65.4 Å². The molecule has 0 N–H and O–H groups in total. The zero-order valence-corrected chi connectivity index (χ0v) is 14.1. The average Bonchev–Trinajstić information content (AvgIpc) is 2.97. The molecule has 0 aliphatic carbocycles. The predicted molar refractivity (Wildman–Crippen MR) is 83.8 cm³/mol. The first-order chi connectivity index (χ1) is 10.7. The number of rotatable bonds is 5. The Morgan fingerprint density at radius 2 is 2.23 bits per heavy atom. The van der Waals surface area contributed by atoms with E-state index in [1.807, 2.05) is 12.1 Å². The van der Waals surface area contributed by atoms with Crippen molar-refractivity contribution in [1.82, 2.24) is 19.2 Å². The second-order valence-electron chi connectivity index (χ2n) is 5.30. The predicted octanol–water partition coefficient (Wildman–Crippen LogP) is 1.10. The largest absolute Gasteiger partial charge is 0.453 e. The van der Waals surface area contributed by atoms with E-state index in [0.717, 1.165) is 42.3 Å². The molecule has 0 unspecified atom stereocenters. The van der Waals surface area contributed by atoms with Crippen LogP contribution >= 0.6 is 15.9 Å². The van der Waals surface area contributed by atoms with Crippen molar-refractivity contribution in [2.75, 3.05) is 26.8 Å². The molecular weight excluding hydrogens is 352 g/mol. The summed E-state index contributed by atoms with van der Waals surface area (Å²) in [6.45, 7) is 4.06. The van der Waals surface area contributed by atoms with Crippen LogP contribution in [0.1, 0.15) is 11.6 Å². The van der Waals surface area contributed by atoms with E-state index in [1.165, 1.54) is 4.68 Å². The Kier molecular flexibility index (Phi) is 4.80. The van der Waals surface area contributed by atoms with Gasteiger partial charge in [-0.05, 0) is 28.1 Å². The molecule has 0 radical (unpaired) electrons. The molecule has 3 heterocycles. The highest BCUT2D eigenvalue weighted by Gasteiger charge is 2.20. The lowest BCUT2D eigenvalue weighted by molar-refractivity contribution is 0.181. The number of nitrogens with zero attached hydrogens (tertiary/aromatic N) is 4. The summed E-state index contributed by atoms with van der Waals surface area (Å²) in [5.41, 5.74) is -0.0466. The Labute approximate surface area is 136 Å². The first-order valence-corrected chi connectivity index (χ1v) is 8.08. The van der Waals surface area contributed by atoms with Gasteiger partial charge in [-0.2, -0.15) is 5.10 Å². The first-order valence-electron chi connectivity index (χ1n) is 7.29. The molecule has 7 nitrogen and oxygen atoms in total. The van der Waals surface area contributed by atoms with Crippen molar-refractivity contribution in [3.8, 4) is 0 Å². The monoisotopic (exact) mass is 370 g/mol. The second kappa shape index (κ2) is 6.80. The van der Waals surface area contributed by atoms with Crippen molar-refractivity contribution in [1.29, 1.82) is 0 Å². The molecule has 0 amide bonds. The van der Waals surface area contributed by atoms with Crippen LogP contribution < -0.4 is 5.69 Å². The highest BCUT2D eigenvalue weighted by atomic mass is 79.9. The molecule has 0 fully saturated rings. The van der Waals surface area contributed by atoms with Crippen molar-refractivity contribution in [2.24, 2.45) is 0 Å². The van der Waals surface area contributed by atoms with Crippen LogP contribution in [0.25, 0.3) is 0 Å². The molecule has 0 saturated carbocycles. The summed E-state index contributed by atoms with van der Waals surface area (Å²) in [5.74, 6) is 1.77. The van der Waals surface area contributed by atoms with Gasteiger partial charge in [0.2, 0.25) is 0 Å². The molecule has 120 valence electrons. The molecular formula is C14H19BrN4O3. The quantitative estimate of drug-likeness (QED) is 0.788. The van der Waals surface area contributed by atoms with Crippen molar-refractivity contribution in [2.45, 2.75) is 26.1 Å². The van der Waals surface area contributed by atoms with E-state index in [4.69, 9.17) is 9.15 Å². The summed E-state index contributed by atoms with van der Waals surface area (Å²) >= 11 is 3.31. The molecule has 2 aromatic rings. The lowest BCUT2D eigenvalue weighted by atomic mass is 10.3. The highest BCUT2D eigenvalue weighted by Crippen LogP contribution is 2.16. The second-order valence-corrected chi connectivity index (χ2v) is 6.08. The minimum Gasteiger partial charge on any atom is -0.453 e. The molecule has 0 spiro atoms. The molecule has 0 saturated heterocycles. The van der Waals surface area contributed by atoms with E-state index in [1.54, 1.807) is 11.7 Å². The van der Waals surface area contributed by atoms with Gasteiger partial charge in [-0.25, -0.2) is 9.48 Å². The Bertz CT molecular complexity index is 691. The number of methoxy groups -OCH3 is 1. The summed E-state index contributed by atoms with van der Waals surface area (Å²) in [6.07, 6.45) is 0.761. The lowest BCUT2D eigenvalue weighted by Crippen LogP contribution is -2.31. The number of fused-ring (bicyclic) bond motifs is 1. The average molecular weight is 371 g/mol. The molecule has 0 bridgehead atoms. The van der Waals surface area contributed by atoms with Crippen LogP contribution in [0.3, 0.4) is 0 Å². The third-order valence-electron chi connectivity index (χ3n) is 3.81. The fourth-order valence-corrected chi connectivity index (χ4v) is 2.99. The maximum absolute atomic E-state index is 12.3. The van der Waals surface area contributed by atoms with Gasteiger partial charge in [0.25, 0.3) is 0 Å². The number of halogens is 1. The van der Waals surface area contributed by atoms with Crippen molar-refractivity contribution in [3.05, 3.63) is 38.9 Å². The van der Waals surface area contributed by atoms with Gasteiger partial charge in [-0.15, -0.1) is 0 Å². The first kappa shape index (κ1) is 15.5. The van der Waals surface area contributed by atoms with Gasteiger partial charge in [0.15, 0.2) is 4.67 Å². The third kappa shape index (κ3) is 3.34. The number of aromatic nitrogens is 3. The number of ether oxygens (including phenoxy) is 1. The maximum atomic E-state index is 12.3. The fraction of sp³-hybridized carbons (Fsp3) is 0.571. The van der Waals surface area contributed by atoms with Gasteiger partial charge < -0.3 is 9.15 Å². The van der Waals surface area contributed by atoms with Crippen LogP contribution in [-0.2, 0) is 30.8 Å². The van der Waals surface area contributed by atoms with Crippen molar-refractivity contribution < 1.29 is 9.15 Å². The van der Waals surface area contributed by atoms with E-state index in [-0.39, 0.29) is 5.69 Å². The van der Waals surface area contributed by atoms with Gasteiger partial charge in [0, 0.05) is 33.2 Å². The molecule has 1 aliphatic heterocycles. The molecule has 3 rings (SSSR count). The molecule has 0 aromatic carbocycles. The Hall–Kier alpha value is -1.38. The Balaban J connectivity index is 1.67. The van der Waals surface area contributed by atoms with Crippen LogP contribution in [0.2, 0.25) is 0 Å². The summed E-state index contributed by atoms with van der Waals surface area (Å²) < 4.78 is 14.6. The van der Waals surface area contributed by atoms with Gasteiger partial charge in [-0.1, -0.05) is 0 Å². The van der Waals surface area contributed by atoms with Crippen LogP contribution in [0, 0.1) is 0 Å². The number of hydrogen-bond acceptors (Lipinski definition) is 5. The van der Waals surface area contributed by atoms with Gasteiger partial charge >= 0.3 is 5.69 Å². The lowest BCUT2D eigenvalue weighted by Gasteiger charge is -2.17. The van der Waals surface area contributed by atoms with Crippen molar-refractivity contribution in [3.63, 3.8) is 0 Å². The van der Waals surface area contributed by atoms with Gasteiger partial charge in [0.1, 0.15) is 11.6 Å². The molecule has 8 heteroatoms. The molecule has 2 aromatic heterocycles. The minimum atomic E-state index is -0.0466. The smallest absolute Gasteiger partial charge is 0.346 e. The normalized spacial score (nSPS) is 15.7. The van der Waals surface area contributed by atoms with Crippen LogP contribution in [-0.4, -0.2) is 46.1 Å². The van der Waals surface area contributed by atoms with E-state index >= 15 is 0 Å². The Morgan fingerprint density at radius 3 is 2.95 bits per heavy atom. The third-order valence-corrected chi connectivity index (χ3v) is 4.23. The van der Waals surface area contributed by atoms with E-state index in [9.17, 15) is 4.79 Å². The fourth-order valence-electron chi connectivity index (χ4n) is 2.65. The molecule has 0 atom stereocenters. The molecule has 22 heavy (non-hydrogen) atoms. The SMILES string of the molecule is COCCn1nc2n(c1=O)CCN(Cc1ccc(Br)o1)CC2. The molecule has 1 aliphatic rings. The summed E-state index contributed by atoms with van der Waals surface area (Å²) in [4.78, 5) is 14.6. The standard InChI is InChI=1S/C14H19BrN4O3/c1-21-9-8-19-14(20)18-7-6-17(5-4-13(18)16-19)10-11-2-3-12(15)22-11/h2-3H,4-10H2,1H3. The maximum Gasteiger partial charge on any atom is 0.346 e. The summed E-state index contributed by atoms with van der Waals surface area (Å²) in [5, 5.41) is 4.42. The van der Waals surface area contributed by atoms with Crippen LogP contribution in [0.15, 0.2) is 26.0 Å². The van der Waals surface area contributed by atoms with Crippen LogP contribution in [0.4, 0.5) is 0 Å². The number of hydrogen-bond donors (Lipinski definition) is 0. The summed E-state index contributed by atoms with van der Waals surface area (Å²) in [6, 6.07) is 3.86. The van der Waals surface area contributed by atoms with Crippen LogP contribution in [0.5, 0.6) is 0 Å². The van der Waals surface area contributed by atoms with E-state index in [2.05, 4.69) is 25.9 Å². The summed E-state index contributed by atoms with van der Waals surface area (Å²) in [7, 11) is 1.62. The van der Waals surface area contributed by atoms with E-state index in [0.29, 0.717) is 19.7 Å². The highest BCUT2D eigenvalue weighted by molar-refractivity contribution is 9.10. The Morgan fingerprint density at radius 1 is 1.36 bits per heavy atom. The van der Waals surface area contributed by atoms with E-state index < -0.39 is 0 Å². The zero-order valence-electron chi connectivity index (χ0n) is 12.5. The van der Waals surface area contributed by atoms with Gasteiger partial charge in [0.05, 0.1) is 19.7 Å². The zero-order chi connectivity index (χ0) is 15.5. The number of furan rings is 1.